The van der Waals surface area contributed by atoms with Gasteiger partial charge in [-0.15, -0.1) is 0 Å². The molecule has 11 nitrogen and oxygen atoms in total. The van der Waals surface area contributed by atoms with Crippen molar-refractivity contribution < 1.29 is 33.3 Å². The molecule has 1 N–H and O–H groups in total. The summed E-state index contributed by atoms with van der Waals surface area (Å²) in [7, 11) is 0. The zero-order valence-corrected chi connectivity index (χ0v) is 17.8. The van der Waals surface area contributed by atoms with E-state index >= 15 is 0 Å². The van der Waals surface area contributed by atoms with Gasteiger partial charge in [0.2, 0.25) is 0 Å². The molecule has 0 spiro atoms. The van der Waals surface area contributed by atoms with Crippen LogP contribution >= 0.6 is 0 Å². The third kappa shape index (κ3) is 7.06. The van der Waals surface area contributed by atoms with Crippen molar-refractivity contribution in [3.63, 3.8) is 0 Å². The molecule has 1 aliphatic rings. The lowest BCUT2D eigenvalue weighted by atomic mass is 10.1. The molecule has 0 amide bonds. The molecule has 4 unspecified atom stereocenters. The van der Waals surface area contributed by atoms with Gasteiger partial charge in [0.1, 0.15) is 12.7 Å². The summed E-state index contributed by atoms with van der Waals surface area (Å²) < 4.78 is 22.6. The Morgan fingerprint density at radius 2 is 1.74 bits per heavy atom. The van der Waals surface area contributed by atoms with Gasteiger partial charge in [0.15, 0.2) is 18.4 Å². The summed E-state index contributed by atoms with van der Waals surface area (Å²) in [6.45, 7) is 4.12. The molecule has 1 fully saturated rings. The lowest BCUT2D eigenvalue weighted by molar-refractivity contribution is -0.166. The van der Waals surface area contributed by atoms with E-state index in [4.69, 9.17) is 18.9 Å². The number of carbonyl (C=O) groups is 3. The Bertz CT molecular complexity index is 891. The van der Waals surface area contributed by atoms with Gasteiger partial charge in [-0.1, -0.05) is 26.2 Å². The fourth-order valence-corrected chi connectivity index (χ4v) is 3.29. The van der Waals surface area contributed by atoms with Gasteiger partial charge in [-0.25, -0.2) is 4.79 Å². The van der Waals surface area contributed by atoms with Gasteiger partial charge < -0.3 is 18.9 Å². The van der Waals surface area contributed by atoms with Crippen LogP contribution in [-0.4, -0.2) is 52.4 Å². The second-order valence-corrected chi connectivity index (χ2v) is 7.22. The number of nitrogens with one attached hydrogen (secondary N) is 1. The highest BCUT2D eigenvalue weighted by Gasteiger charge is 2.50. The molecule has 0 bridgehead atoms. The van der Waals surface area contributed by atoms with Crippen LogP contribution in [0.5, 0.6) is 0 Å². The molecule has 4 atom stereocenters. The molecule has 2 heterocycles. The van der Waals surface area contributed by atoms with Crippen molar-refractivity contribution in [1.29, 1.82) is 0 Å². The molecule has 31 heavy (non-hydrogen) atoms. The fourth-order valence-electron chi connectivity index (χ4n) is 3.29. The topological polar surface area (TPSA) is 143 Å². The monoisotopic (exact) mass is 440 g/mol. The smallest absolute Gasteiger partial charge is 0.330 e. The van der Waals surface area contributed by atoms with Gasteiger partial charge in [-0.3, -0.25) is 28.7 Å². The summed E-state index contributed by atoms with van der Waals surface area (Å²) in [6.07, 6.45) is 0.561. The van der Waals surface area contributed by atoms with Crippen molar-refractivity contribution >= 4 is 17.9 Å². The van der Waals surface area contributed by atoms with Crippen molar-refractivity contribution in [1.82, 2.24) is 9.55 Å². The first-order valence-corrected chi connectivity index (χ1v) is 10.2. The highest BCUT2D eigenvalue weighted by Crippen LogP contribution is 2.33. The number of aromatic nitrogens is 2. The highest BCUT2D eigenvalue weighted by atomic mass is 16.7. The van der Waals surface area contributed by atoms with Crippen LogP contribution in [0.2, 0.25) is 0 Å². The van der Waals surface area contributed by atoms with E-state index in [1.807, 2.05) is 0 Å². The maximum Gasteiger partial charge on any atom is 0.330 e. The predicted molar refractivity (Wildman–Crippen MR) is 106 cm³/mol. The van der Waals surface area contributed by atoms with Gasteiger partial charge in [-0.2, -0.15) is 0 Å². The lowest BCUT2D eigenvalue weighted by Crippen LogP contribution is -2.42. The van der Waals surface area contributed by atoms with Crippen LogP contribution in [0.25, 0.3) is 0 Å². The number of rotatable bonds is 10. The van der Waals surface area contributed by atoms with Crippen molar-refractivity contribution in [3.8, 4) is 0 Å². The van der Waals surface area contributed by atoms with E-state index in [1.165, 1.54) is 13.1 Å². The minimum atomic E-state index is -1.20. The number of unbranched alkanes of at least 4 members (excludes halogenated alkanes) is 3. The predicted octanol–water partition coefficient (Wildman–Crippen LogP) is 0.811. The first-order valence-electron chi connectivity index (χ1n) is 10.2. The number of H-pyrrole nitrogens is 1. The van der Waals surface area contributed by atoms with Crippen LogP contribution in [0.1, 0.15) is 59.1 Å². The molecule has 1 aromatic heterocycles. The van der Waals surface area contributed by atoms with Crippen LogP contribution in [0.15, 0.2) is 21.9 Å². The SMILES string of the molecule is CCCCCCC(=O)OCC1OC(n2ccc(=O)[nH]c2=O)C(OC(C)=O)C1OC(C)=O. The number of aromatic amines is 1. The van der Waals surface area contributed by atoms with Crippen LogP contribution in [0.4, 0.5) is 0 Å². The third-order valence-corrected chi connectivity index (χ3v) is 4.66. The summed E-state index contributed by atoms with van der Waals surface area (Å²) in [6, 6.07) is 1.10. The molecule has 0 saturated carbocycles. The molecular formula is C20H28N2O9. The maximum atomic E-state index is 12.2. The molecule has 172 valence electrons. The van der Waals surface area contributed by atoms with Crippen molar-refractivity contribution in [3.05, 3.63) is 33.1 Å². The minimum absolute atomic E-state index is 0.237. The summed E-state index contributed by atoms with van der Waals surface area (Å²) in [5.74, 6) is -1.80. The van der Waals surface area contributed by atoms with Crippen LogP contribution in [-0.2, 0) is 33.3 Å². The van der Waals surface area contributed by atoms with E-state index in [2.05, 4.69) is 11.9 Å². The normalized spacial score (nSPS) is 22.7. The molecule has 1 aliphatic heterocycles. The van der Waals surface area contributed by atoms with E-state index in [9.17, 15) is 24.0 Å². The van der Waals surface area contributed by atoms with E-state index in [1.54, 1.807) is 0 Å². The average Bonchev–Trinajstić information content (AvgIpc) is 2.99. The van der Waals surface area contributed by atoms with E-state index in [-0.39, 0.29) is 13.0 Å². The minimum Gasteiger partial charge on any atom is -0.463 e. The quantitative estimate of drug-likeness (QED) is 0.317. The molecule has 0 radical (unpaired) electrons. The zero-order valence-electron chi connectivity index (χ0n) is 17.8. The Morgan fingerprint density at radius 3 is 2.35 bits per heavy atom. The summed E-state index contributed by atoms with van der Waals surface area (Å²) in [5.41, 5.74) is -1.42. The first kappa shape index (κ1) is 24.3. The Balaban J connectivity index is 2.20. The molecule has 1 saturated heterocycles. The molecule has 0 aromatic carbocycles. The Labute approximate surface area is 178 Å². The van der Waals surface area contributed by atoms with E-state index in [0.717, 1.165) is 36.8 Å². The summed E-state index contributed by atoms with van der Waals surface area (Å²) >= 11 is 0. The van der Waals surface area contributed by atoms with Gasteiger partial charge >= 0.3 is 23.6 Å². The molecular weight excluding hydrogens is 412 g/mol. The highest BCUT2D eigenvalue weighted by molar-refractivity contribution is 5.69. The van der Waals surface area contributed by atoms with Gasteiger partial charge in [0.25, 0.3) is 5.56 Å². The average molecular weight is 440 g/mol. The van der Waals surface area contributed by atoms with E-state index in [0.29, 0.717) is 6.42 Å². The number of esters is 3. The van der Waals surface area contributed by atoms with Gasteiger partial charge in [-0.05, 0) is 6.42 Å². The number of hydrogen-bond donors (Lipinski definition) is 1. The Kier molecular flexibility index (Phi) is 8.98. The van der Waals surface area contributed by atoms with Crippen LogP contribution < -0.4 is 11.2 Å². The Morgan fingerprint density at radius 1 is 1.06 bits per heavy atom. The Hall–Kier alpha value is -2.95. The van der Waals surface area contributed by atoms with Crippen LogP contribution in [0, 0.1) is 0 Å². The number of hydrogen-bond acceptors (Lipinski definition) is 9. The second kappa shape index (κ2) is 11.4. The summed E-state index contributed by atoms with van der Waals surface area (Å²) in [4.78, 5) is 61.0. The van der Waals surface area contributed by atoms with Crippen molar-refractivity contribution in [2.75, 3.05) is 6.61 Å². The lowest BCUT2D eigenvalue weighted by Gasteiger charge is -2.23. The molecule has 2 rings (SSSR count). The van der Waals surface area contributed by atoms with Crippen molar-refractivity contribution in [2.45, 2.75) is 77.4 Å². The maximum absolute atomic E-state index is 12.2. The summed E-state index contributed by atoms with van der Waals surface area (Å²) in [5, 5.41) is 0. The number of carbonyl (C=O) groups excluding carboxylic acids is 3. The second-order valence-electron chi connectivity index (χ2n) is 7.22. The van der Waals surface area contributed by atoms with Gasteiger partial charge in [0, 0.05) is 32.5 Å². The molecule has 1 aromatic rings. The fraction of sp³-hybridized carbons (Fsp3) is 0.650. The van der Waals surface area contributed by atoms with Crippen LogP contribution in [0.3, 0.4) is 0 Å². The largest absolute Gasteiger partial charge is 0.463 e. The number of ether oxygens (including phenoxy) is 4. The molecule has 0 aliphatic carbocycles. The zero-order chi connectivity index (χ0) is 23.0. The molecule has 11 heteroatoms. The third-order valence-electron chi connectivity index (χ3n) is 4.66. The number of nitrogens with zero attached hydrogens (tertiary/aromatic N) is 1. The standard InChI is InChI=1S/C20H28N2O9/c1-4-5-6-7-8-16(26)28-11-14-17(29-12(2)23)18(30-13(3)24)19(31-14)22-10-9-15(25)21-20(22)27/h9-10,14,17-19H,4-8,11H2,1-3H3,(H,21,25,27). The van der Waals surface area contributed by atoms with Gasteiger partial charge in [0.05, 0.1) is 0 Å². The first-order chi connectivity index (χ1) is 14.7. The van der Waals surface area contributed by atoms with E-state index < -0.39 is 53.7 Å². The van der Waals surface area contributed by atoms with Crippen molar-refractivity contribution in [2.24, 2.45) is 0 Å².